The second-order valence-electron chi connectivity index (χ2n) is 8.24. The summed E-state index contributed by atoms with van der Waals surface area (Å²) >= 11 is 13.7. The van der Waals surface area contributed by atoms with E-state index in [1.807, 2.05) is 73.3 Å². The van der Waals surface area contributed by atoms with Crippen LogP contribution in [0.15, 0.2) is 77.0 Å². The van der Waals surface area contributed by atoms with Gasteiger partial charge in [-0.1, -0.05) is 47.5 Å². The van der Waals surface area contributed by atoms with Gasteiger partial charge in [0.2, 0.25) is 5.91 Å². The molecule has 12 heteroatoms. The summed E-state index contributed by atoms with van der Waals surface area (Å²) in [5.74, 6) is -2.93. The van der Waals surface area contributed by atoms with Crippen molar-refractivity contribution in [2.24, 2.45) is 4.99 Å². The largest absolute Gasteiger partial charge is 0.542 e. The van der Waals surface area contributed by atoms with E-state index in [0.29, 0.717) is 10.0 Å². The van der Waals surface area contributed by atoms with E-state index < -0.39 is 12.1 Å². The van der Waals surface area contributed by atoms with Crippen LogP contribution < -0.4 is 15.3 Å². The van der Waals surface area contributed by atoms with Crippen molar-refractivity contribution in [3.63, 3.8) is 0 Å². The molecule has 4 rings (SSSR count). The number of benzene rings is 2. The zero-order valence-corrected chi connectivity index (χ0v) is 21.7. The Morgan fingerprint density at radius 1 is 1.08 bits per heavy atom. The number of rotatable bonds is 7. The number of alkyl halides is 3. The molecule has 3 atom stereocenters. The second kappa shape index (κ2) is 12.6. The molecule has 0 spiro atoms. The molecule has 1 amide bonds. The van der Waals surface area contributed by atoms with Gasteiger partial charge >= 0.3 is 6.18 Å². The highest BCUT2D eigenvalue weighted by molar-refractivity contribution is 8.16. The lowest BCUT2D eigenvalue weighted by atomic mass is 9.86. The minimum absolute atomic E-state index is 0.0253. The van der Waals surface area contributed by atoms with Crippen molar-refractivity contribution in [2.45, 2.75) is 37.9 Å². The number of hydrogen-bond acceptors (Lipinski definition) is 5. The second-order valence-corrected chi connectivity index (χ2v) is 10.0. The molecule has 0 bridgehead atoms. The monoisotopic (exact) mass is 571 g/mol. The molecule has 2 N–H and O–H groups in total. The number of amidine groups is 1. The number of carboxylic acids is 1. The molecule has 0 radical (unpaired) electrons. The van der Waals surface area contributed by atoms with Crippen LogP contribution in [0.5, 0.6) is 0 Å². The Morgan fingerprint density at radius 2 is 1.65 bits per heavy atom. The first-order valence-corrected chi connectivity index (χ1v) is 12.6. The molecular formula is C25H22Cl2F3N3O3S. The number of thioether (sulfide) groups is 1. The number of carboxylic acid groups (broad SMARTS) is 1. The molecular weight excluding hydrogens is 550 g/mol. The quantitative estimate of drug-likeness (QED) is 0.529. The molecule has 2 aliphatic heterocycles. The number of hydrogen-bond donors (Lipinski definition) is 2. The maximum Gasteiger partial charge on any atom is 0.430 e. The highest BCUT2D eigenvalue weighted by Gasteiger charge is 2.29. The molecule has 196 valence electrons. The number of quaternary nitrogens is 1. The molecule has 0 aliphatic carbocycles. The summed E-state index contributed by atoms with van der Waals surface area (Å²) in [5.41, 5.74) is 3.11. The van der Waals surface area contributed by atoms with Gasteiger partial charge in [-0.15, -0.1) is 0 Å². The molecule has 2 aromatic carbocycles. The number of nitrogens with one attached hydrogen (secondary N) is 2. The molecule has 2 aliphatic rings. The fourth-order valence-electron chi connectivity index (χ4n) is 3.68. The lowest BCUT2D eigenvalue weighted by Crippen LogP contribution is -3.02. The fourth-order valence-corrected chi connectivity index (χ4v) is 4.71. The molecule has 0 saturated heterocycles. The van der Waals surface area contributed by atoms with E-state index in [0.717, 1.165) is 27.7 Å². The number of fused-ring (bicyclic) bond motifs is 1. The maximum atomic E-state index is 12.7. The molecule has 2 heterocycles. The summed E-state index contributed by atoms with van der Waals surface area (Å²) in [5, 5.41) is 16.4. The lowest BCUT2D eigenvalue weighted by Gasteiger charge is -2.26. The van der Waals surface area contributed by atoms with Crippen molar-refractivity contribution >= 4 is 52.0 Å². The van der Waals surface area contributed by atoms with E-state index in [9.17, 15) is 18.0 Å². The zero-order chi connectivity index (χ0) is 27.2. The van der Waals surface area contributed by atoms with Crippen LogP contribution in [0.2, 0.25) is 10.0 Å². The molecule has 0 fully saturated rings. The normalized spacial score (nSPS) is 17.6. The SMILES string of the molecule is C[C@@H](NC(=O)CC1=C[NH+]2C=CSC2=N1)[C@H](Cc1ccc(Cl)cc1)c1ccc(Cl)cc1.O=C([O-])C(F)(F)F. The number of aliphatic imine (C=N–C) groups is 1. The first-order valence-electron chi connectivity index (χ1n) is 11.0. The smallest absolute Gasteiger partial charge is 0.430 e. The Kier molecular flexibility index (Phi) is 9.83. The van der Waals surface area contributed by atoms with E-state index in [2.05, 4.69) is 10.3 Å². The van der Waals surface area contributed by atoms with Crippen LogP contribution in [0.3, 0.4) is 0 Å². The van der Waals surface area contributed by atoms with Crippen LogP contribution in [-0.2, 0) is 16.0 Å². The van der Waals surface area contributed by atoms with E-state index in [1.165, 1.54) is 5.56 Å². The Balaban J connectivity index is 0.000000479. The van der Waals surface area contributed by atoms with Crippen molar-refractivity contribution in [3.05, 3.63) is 93.2 Å². The van der Waals surface area contributed by atoms with E-state index in [4.69, 9.17) is 33.1 Å². The summed E-state index contributed by atoms with van der Waals surface area (Å²) in [6, 6.07) is 15.6. The number of carbonyl (C=O) groups is 2. The Morgan fingerprint density at radius 3 is 2.19 bits per heavy atom. The zero-order valence-electron chi connectivity index (χ0n) is 19.4. The minimum atomic E-state index is -5.19. The van der Waals surface area contributed by atoms with Gasteiger partial charge in [0, 0.05) is 27.4 Å². The summed E-state index contributed by atoms with van der Waals surface area (Å²) in [4.78, 5) is 27.1. The van der Waals surface area contributed by atoms with E-state index in [-0.39, 0.29) is 24.3 Å². The van der Waals surface area contributed by atoms with Gasteiger partial charge in [-0.25, -0.2) is 4.90 Å². The fraction of sp³-hybridized carbons (Fsp3) is 0.240. The summed E-state index contributed by atoms with van der Waals surface area (Å²) in [6.45, 7) is 2.05. The van der Waals surface area contributed by atoms with Gasteiger partial charge in [-0.3, -0.25) is 4.79 Å². The molecule has 2 aromatic rings. The third-order valence-corrected chi connectivity index (χ3v) is 6.80. The Labute approximate surface area is 225 Å². The van der Waals surface area contributed by atoms with Crippen molar-refractivity contribution in [1.82, 2.24) is 5.32 Å². The van der Waals surface area contributed by atoms with Crippen LogP contribution in [-0.4, -0.2) is 29.3 Å². The summed E-state index contributed by atoms with van der Waals surface area (Å²) in [6.07, 6.45) is -0.120. The van der Waals surface area contributed by atoms with E-state index >= 15 is 0 Å². The third-order valence-electron chi connectivity index (χ3n) is 5.47. The van der Waals surface area contributed by atoms with Crippen LogP contribution in [0.25, 0.3) is 0 Å². The van der Waals surface area contributed by atoms with Gasteiger partial charge in [-0.2, -0.15) is 18.2 Å². The number of halogens is 5. The predicted molar refractivity (Wildman–Crippen MR) is 136 cm³/mol. The van der Waals surface area contributed by atoms with Gasteiger partial charge in [-0.05, 0) is 60.5 Å². The summed E-state index contributed by atoms with van der Waals surface area (Å²) < 4.78 is 31.5. The highest BCUT2D eigenvalue weighted by atomic mass is 35.5. The first kappa shape index (κ1) is 28.8. The first-order chi connectivity index (χ1) is 17.4. The summed E-state index contributed by atoms with van der Waals surface area (Å²) in [7, 11) is 0. The highest BCUT2D eigenvalue weighted by Crippen LogP contribution is 2.27. The molecule has 37 heavy (non-hydrogen) atoms. The van der Waals surface area contributed by atoms with Crippen LogP contribution >= 0.6 is 35.0 Å². The van der Waals surface area contributed by atoms with E-state index in [1.54, 1.807) is 11.8 Å². The predicted octanol–water partition coefficient (Wildman–Crippen LogP) is 3.83. The maximum absolute atomic E-state index is 12.7. The number of amides is 1. The third kappa shape index (κ3) is 8.63. The number of carbonyl (C=O) groups excluding carboxylic acids is 2. The van der Waals surface area contributed by atoms with Crippen LogP contribution in [0.1, 0.15) is 30.4 Å². The Bertz CT molecular complexity index is 1220. The van der Waals surface area contributed by atoms with Crippen molar-refractivity contribution in [2.75, 3.05) is 0 Å². The van der Waals surface area contributed by atoms with Gasteiger partial charge in [0.05, 0.1) is 6.42 Å². The molecule has 0 saturated carbocycles. The number of nitrogens with zero attached hydrogens (tertiary/aromatic N) is 1. The molecule has 0 aromatic heterocycles. The number of aliphatic carboxylic acids is 1. The minimum Gasteiger partial charge on any atom is -0.542 e. The van der Waals surface area contributed by atoms with Gasteiger partial charge in [0.15, 0.2) is 0 Å². The average Bonchev–Trinajstić information content (AvgIpc) is 3.41. The molecule has 1 unspecified atom stereocenters. The van der Waals surface area contributed by atoms with Crippen molar-refractivity contribution in [3.8, 4) is 0 Å². The standard InChI is InChI=1S/C23H21Cl2N3OS.C2HF3O2/c1-15(26-22(29)13-20-14-28-10-11-30-23(28)27-20)21(17-4-8-19(25)9-5-17)12-16-2-6-18(24)7-3-16;3-2(4,5)1(6)7/h2-11,14-15,21H,12-13H2,1H3,(H,26,29);(H,6,7)/t15-,21+;/m1./s1. The van der Waals surface area contributed by atoms with Gasteiger partial charge in [0.25, 0.3) is 5.17 Å². The average molecular weight is 572 g/mol. The Hall–Kier alpha value is -2.79. The van der Waals surface area contributed by atoms with Crippen molar-refractivity contribution < 1.29 is 32.8 Å². The van der Waals surface area contributed by atoms with Crippen LogP contribution in [0.4, 0.5) is 13.2 Å². The lowest BCUT2D eigenvalue weighted by molar-refractivity contribution is -0.673. The van der Waals surface area contributed by atoms with Gasteiger partial charge < -0.3 is 15.2 Å². The van der Waals surface area contributed by atoms with Gasteiger partial charge in [0.1, 0.15) is 24.1 Å². The topological polar surface area (TPSA) is 86.0 Å². The van der Waals surface area contributed by atoms with Crippen LogP contribution in [0, 0.1) is 0 Å². The van der Waals surface area contributed by atoms with Crippen molar-refractivity contribution in [1.29, 1.82) is 0 Å². The molecule has 6 nitrogen and oxygen atoms in total.